The second-order valence-corrected chi connectivity index (χ2v) is 4.76. The molecule has 1 atom stereocenters. The van der Waals surface area contributed by atoms with E-state index in [1.807, 2.05) is 6.92 Å². The van der Waals surface area contributed by atoms with Crippen molar-refractivity contribution >= 4 is 11.6 Å². The Morgan fingerprint density at radius 3 is 2.95 bits per heavy atom. The normalized spacial score (nSPS) is 19.2. The average molecular weight is 263 g/mol. The first-order chi connectivity index (χ1) is 9.08. The molecule has 0 radical (unpaired) electrons. The molecule has 1 N–H and O–H groups in total. The fourth-order valence-corrected chi connectivity index (χ4v) is 2.27. The van der Waals surface area contributed by atoms with Crippen molar-refractivity contribution < 1.29 is 9.72 Å². The lowest BCUT2D eigenvalue weighted by Crippen LogP contribution is -2.51. The highest BCUT2D eigenvalue weighted by molar-refractivity contribution is 5.80. The van der Waals surface area contributed by atoms with Crippen molar-refractivity contribution in [2.45, 2.75) is 19.4 Å². The van der Waals surface area contributed by atoms with Crippen LogP contribution in [0.4, 0.5) is 5.69 Å². The molecule has 1 fully saturated rings. The molecular formula is C13H17N3O3. The van der Waals surface area contributed by atoms with Crippen molar-refractivity contribution in [3.05, 3.63) is 39.9 Å². The van der Waals surface area contributed by atoms with Crippen LogP contribution in [0.25, 0.3) is 0 Å². The molecular weight excluding hydrogens is 246 g/mol. The highest BCUT2D eigenvalue weighted by Crippen LogP contribution is 2.19. The van der Waals surface area contributed by atoms with Crippen molar-refractivity contribution in [3.63, 3.8) is 0 Å². The van der Waals surface area contributed by atoms with Crippen LogP contribution in [0.15, 0.2) is 24.3 Å². The maximum absolute atomic E-state index is 12.2. The first-order valence-electron chi connectivity index (χ1n) is 6.31. The molecule has 0 saturated carbocycles. The Morgan fingerprint density at radius 2 is 2.26 bits per heavy atom. The van der Waals surface area contributed by atoms with Gasteiger partial charge in [0.1, 0.15) is 0 Å². The van der Waals surface area contributed by atoms with E-state index in [0.717, 1.165) is 6.54 Å². The van der Waals surface area contributed by atoms with E-state index >= 15 is 0 Å². The van der Waals surface area contributed by atoms with Gasteiger partial charge in [0.15, 0.2) is 0 Å². The molecule has 0 spiro atoms. The van der Waals surface area contributed by atoms with Crippen LogP contribution in [-0.4, -0.2) is 41.4 Å². The minimum atomic E-state index is -0.441. The number of rotatable bonds is 3. The maximum Gasteiger partial charge on any atom is 0.273 e. The monoisotopic (exact) mass is 263 g/mol. The minimum Gasteiger partial charge on any atom is -0.340 e. The van der Waals surface area contributed by atoms with Crippen LogP contribution in [0, 0.1) is 10.1 Å². The third-order valence-electron chi connectivity index (χ3n) is 3.25. The van der Waals surface area contributed by atoms with Crippen LogP contribution in [-0.2, 0) is 11.2 Å². The smallest absolute Gasteiger partial charge is 0.273 e. The number of carbonyl (C=O) groups is 1. The molecule has 6 heteroatoms. The van der Waals surface area contributed by atoms with Crippen LogP contribution >= 0.6 is 0 Å². The fourth-order valence-electron chi connectivity index (χ4n) is 2.27. The van der Waals surface area contributed by atoms with Crippen molar-refractivity contribution in [2.75, 3.05) is 19.6 Å². The number of hydrogen-bond acceptors (Lipinski definition) is 4. The lowest BCUT2D eigenvalue weighted by molar-refractivity contribution is -0.385. The summed E-state index contributed by atoms with van der Waals surface area (Å²) in [6.07, 6.45) is 0.0872. The molecule has 0 aliphatic carbocycles. The minimum absolute atomic E-state index is 0.0130. The highest BCUT2D eigenvalue weighted by atomic mass is 16.6. The van der Waals surface area contributed by atoms with Gasteiger partial charge in [0.2, 0.25) is 5.91 Å². The van der Waals surface area contributed by atoms with Gasteiger partial charge < -0.3 is 10.2 Å². The number of nitrogens with one attached hydrogen (secondary N) is 1. The van der Waals surface area contributed by atoms with Gasteiger partial charge in [-0.05, 0) is 6.92 Å². The van der Waals surface area contributed by atoms with Crippen LogP contribution in [0.3, 0.4) is 0 Å². The Bertz CT molecular complexity index is 490. The Hall–Kier alpha value is -1.95. The van der Waals surface area contributed by atoms with Crippen molar-refractivity contribution in [1.29, 1.82) is 0 Å². The van der Waals surface area contributed by atoms with Crippen LogP contribution in [0.2, 0.25) is 0 Å². The molecule has 1 heterocycles. The van der Waals surface area contributed by atoms with Gasteiger partial charge in [-0.15, -0.1) is 0 Å². The van der Waals surface area contributed by atoms with Gasteiger partial charge in [-0.2, -0.15) is 0 Å². The zero-order valence-corrected chi connectivity index (χ0v) is 10.8. The van der Waals surface area contributed by atoms with E-state index in [0.29, 0.717) is 18.7 Å². The summed E-state index contributed by atoms with van der Waals surface area (Å²) in [7, 11) is 0. The lowest BCUT2D eigenvalue weighted by Gasteiger charge is -2.32. The number of amides is 1. The number of piperazine rings is 1. The molecule has 102 valence electrons. The summed E-state index contributed by atoms with van der Waals surface area (Å²) in [5, 5.41) is 14.2. The van der Waals surface area contributed by atoms with Crippen LogP contribution in [0.1, 0.15) is 12.5 Å². The second-order valence-electron chi connectivity index (χ2n) is 4.76. The van der Waals surface area contributed by atoms with Crippen LogP contribution < -0.4 is 5.32 Å². The third-order valence-corrected chi connectivity index (χ3v) is 3.25. The molecule has 1 aliphatic rings. The molecule has 19 heavy (non-hydrogen) atoms. The number of hydrogen-bond donors (Lipinski definition) is 1. The predicted octanol–water partition coefficient (Wildman–Crippen LogP) is 0.958. The molecule has 1 amide bonds. The molecule has 2 rings (SSSR count). The highest BCUT2D eigenvalue weighted by Gasteiger charge is 2.23. The topological polar surface area (TPSA) is 75.5 Å². The summed E-state index contributed by atoms with van der Waals surface area (Å²) in [6, 6.07) is 6.67. The number of nitro groups is 1. The summed E-state index contributed by atoms with van der Waals surface area (Å²) < 4.78 is 0. The summed E-state index contributed by atoms with van der Waals surface area (Å²) in [5.41, 5.74) is 0.489. The Morgan fingerprint density at radius 1 is 1.53 bits per heavy atom. The quantitative estimate of drug-likeness (QED) is 0.651. The van der Waals surface area contributed by atoms with E-state index in [-0.39, 0.29) is 24.1 Å². The molecule has 0 aromatic heterocycles. The summed E-state index contributed by atoms with van der Waals surface area (Å²) in [6.45, 7) is 4.09. The standard InChI is InChI=1S/C13H17N3O3/c1-10-9-15(7-6-14-10)13(17)8-11-4-2-3-5-12(11)16(18)19/h2-5,10,14H,6-9H2,1H3. The molecule has 6 nitrogen and oxygen atoms in total. The van der Waals surface area contributed by atoms with Crippen molar-refractivity contribution in [3.8, 4) is 0 Å². The number of nitro benzene ring substituents is 1. The van der Waals surface area contributed by atoms with Gasteiger partial charge in [-0.3, -0.25) is 14.9 Å². The van der Waals surface area contributed by atoms with Gasteiger partial charge in [-0.1, -0.05) is 18.2 Å². The molecule has 1 aliphatic heterocycles. The summed E-state index contributed by atoms with van der Waals surface area (Å²) in [4.78, 5) is 24.4. The van der Waals surface area contributed by atoms with Crippen molar-refractivity contribution in [2.24, 2.45) is 0 Å². The van der Waals surface area contributed by atoms with Crippen LogP contribution in [0.5, 0.6) is 0 Å². The Balaban J connectivity index is 2.08. The first-order valence-corrected chi connectivity index (χ1v) is 6.31. The fraction of sp³-hybridized carbons (Fsp3) is 0.462. The van der Waals surface area contributed by atoms with E-state index in [1.165, 1.54) is 6.07 Å². The third kappa shape index (κ3) is 3.29. The second kappa shape index (κ2) is 5.79. The van der Waals surface area contributed by atoms with E-state index in [2.05, 4.69) is 5.32 Å². The van der Waals surface area contributed by atoms with Gasteiger partial charge in [0.25, 0.3) is 5.69 Å². The molecule has 1 saturated heterocycles. The first kappa shape index (κ1) is 13.5. The van der Waals surface area contributed by atoms with E-state index in [1.54, 1.807) is 23.1 Å². The maximum atomic E-state index is 12.2. The largest absolute Gasteiger partial charge is 0.340 e. The van der Waals surface area contributed by atoms with E-state index in [4.69, 9.17) is 0 Å². The number of carbonyl (C=O) groups excluding carboxylic acids is 1. The molecule has 1 aromatic rings. The Kier molecular flexibility index (Phi) is 4.11. The van der Waals surface area contributed by atoms with Gasteiger partial charge in [0, 0.05) is 37.3 Å². The molecule has 1 aromatic carbocycles. The summed E-state index contributed by atoms with van der Waals surface area (Å²) >= 11 is 0. The number of para-hydroxylation sites is 1. The zero-order valence-electron chi connectivity index (χ0n) is 10.8. The molecule has 1 unspecified atom stereocenters. The SMILES string of the molecule is CC1CN(C(=O)Cc2ccccc2[N+](=O)[O-])CCN1. The predicted molar refractivity (Wildman–Crippen MR) is 70.8 cm³/mol. The zero-order chi connectivity index (χ0) is 13.8. The van der Waals surface area contributed by atoms with Gasteiger partial charge >= 0.3 is 0 Å². The summed E-state index contributed by atoms with van der Waals surface area (Å²) in [5.74, 6) is -0.0531. The van der Waals surface area contributed by atoms with E-state index < -0.39 is 4.92 Å². The Labute approximate surface area is 111 Å². The lowest BCUT2D eigenvalue weighted by atomic mass is 10.1. The van der Waals surface area contributed by atoms with Gasteiger partial charge in [0.05, 0.1) is 11.3 Å². The average Bonchev–Trinajstić information content (AvgIpc) is 2.39. The number of nitrogens with zero attached hydrogens (tertiary/aromatic N) is 2. The van der Waals surface area contributed by atoms with Gasteiger partial charge in [-0.25, -0.2) is 0 Å². The van der Waals surface area contributed by atoms with E-state index in [9.17, 15) is 14.9 Å². The van der Waals surface area contributed by atoms with Crippen molar-refractivity contribution in [1.82, 2.24) is 10.2 Å². The molecule has 0 bridgehead atoms. The number of benzene rings is 1.